The van der Waals surface area contributed by atoms with Gasteiger partial charge in [0.2, 0.25) is 0 Å². The zero-order chi connectivity index (χ0) is 35.4. The number of amidine groups is 2. The van der Waals surface area contributed by atoms with Crippen LogP contribution >= 0.6 is 0 Å². The molecule has 254 valence electrons. The van der Waals surface area contributed by atoms with Crippen molar-refractivity contribution in [3.05, 3.63) is 214 Å². The summed E-state index contributed by atoms with van der Waals surface area (Å²) in [5, 5.41) is 0. The van der Waals surface area contributed by atoms with Crippen molar-refractivity contribution in [1.29, 1.82) is 0 Å². The molecule has 4 nitrogen and oxygen atoms in total. The highest BCUT2D eigenvalue weighted by atomic mass is 15.2. The first-order valence-electron chi connectivity index (χ1n) is 18.5. The molecule has 0 amide bonds. The molecule has 8 rings (SSSR count). The predicted octanol–water partition coefficient (Wildman–Crippen LogP) is 10.6. The number of nitrogens with zero attached hydrogens (tertiary/aromatic N) is 4. The molecule has 4 heteroatoms. The summed E-state index contributed by atoms with van der Waals surface area (Å²) in [6.45, 7) is 4.44. The van der Waals surface area contributed by atoms with Crippen LogP contribution in [0, 0.1) is 0 Å². The fraction of sp³-hybridized carbons (Fsp3) is 0.167. The Morgan fingerprint density at radius 1 is 0.385 bits per heavy atom. The SMILES string of the molecule is CCCc1ccccc1C1=NC(c2ccccc2)(C2(c3ccccc3)N=C(c3ccccc3CCC)N=C2c2ccccc2)C(c2ccccc2)=N1. The Hall–Kier alpha value is -6.00. The van der Waals surface area contributed by atoms with Crippen LogP contribution in [0.2, 0.25) is 0 Å². The van der Waals surface area contributed by atoms with Gasteiger partial charge < -0.3 is 0 Å². The molecule has 2 aliphatic heterocycles. The number of rotatable bonds is 11. The van der Waals surface area contributed by atoms with E-state index in [-0.39, 0.29) is 0 Å². The quantitative estimate of drug-likeness (QED) is 0.131. The summed E-state index contributed by atoms with van der Waals surface area (Å²) in [6, 6.07) is 59.6. The minimum Gasteiger partial charge on any atom is -0.245 e. The van der Waals surface area contributed by atoms with E-state index in [2.05, 4.69) is 184 Å². The minimum absolute atomic E-state index is 0.713. The molecule has 6 aromatic carbocycles. The standard InChI is InChI=1S/C48H42N4/c1-3-21-35-23-17-19-33-41(35)45-49-43(37-25-9-5-10-26-37)47(51-45,39-29-13-7-14-30-39)48(40-31-15-8-16-32-40)44(38-27-11-6-12-28-38)50-46(52-48)42-34-20-18-24-36(42)22-4-2/h5-20,23-34H,3-4,21-22H2,1-2H3. The van der Waals surface area contributed by atoms with Gasteiger partial charge in [0.15, 0.2) is 22.7 Å². The third-order valence-electron chi connectivity index (χ3n) is 10.2. The highest BCUT2D eigenvalue weighted by molar-refractivity contribution is 6.29. The molecule has 2 heterocycles. The average Bonchev–Trinajstić information content (AvgIpc) is 3.82. The van der Waals surface area contributed by atoms with Crippen molar-refractivity contribution in [1.82, 2.24) is 0 Å². The monoisotopic (exact) mass is 674 g/mol. The summed E-state index contributed by atoms with van der Waals surface area (Å²) in [6.07, 6.45) is 3.90. The molecule has 0 aliphatic carbocycles. The zero-order valence-corrected chi connectivity index (χ0v) is 29.8. The van der Waals surface area contributed by atoms with E-state index in [4.69, 9.17) is 20.0 Å². The molecule has 0 saturated carbocycles. The van der Waals surface area contributed by atoms with Crippen molar-refractivity contribution in [3.8, 4) is 0 Å². The van der Waals surface area contributed by atoms with Crippen molar-refractivity contribution >= 4 is 23.1 Å². The van der Waals surface area contributed by atoms with E-state index in [1.54, 1.807) is 0 Å². The van der Waals surface area contributed by atoms with E-state index in [0.717, 1.165) is 70.5 Å². The van der Waals surface area contributed by atoms with Crippen LogP contribution in [0.3, 0.4) is 0 Å². The number of aliphatic imine (C=N–C) groups is 4. The highest BCUT2D eigenvalue weighted by Gasteiger charge is 2.64. The first-order chi connectivity index (χ1) is 25.7. The Kier molecular flexibility index (Phi) is 9.13. The summed E-state index contributed by atoms with van der Waals surface area (Å²) in [5.41, 5.74) is 7.95. The van der Waals surface area contributed by atoms with E-state index in [1.807, 2.05) is 0 Å². The molecule has 2 aliphatic rings. The minimum atomic E-state index is -1.15. The predicted molar refractivity (Wildman–Crippen MR) is 216 cm³/mol. The first-order valence-corrected chi connectivity index (χ1v) is 18.5. The molecule has 0 bridgehead atoms. The molecule has 0 spiro atoms. The summed E-state index contributed by atoms with van der Waals surface area (Å²) in [7, 11) is 0. The number of benzene rings is 6. The summed E-state index contributed by atoms with van der Waals surface area (Å²) < 4.78 is 0. The van der Waals surface area contributed by atoms with Crippen molar-refractivity contribution in [2.45, 2.75) is 50.6 Å². The molecular weight excluding hydrogens is 633 g/mol. The molecule has 2 atom stereocenters. The Morgan fingerprint density at radius 2 is 0.712 bits per heavy atom. The lowest BCUT2D eigenvalue weighted by atomic mass is 9.62. The van der Waals surface area contributed by atoms with Crippen LogP contribution in [0.5, 0.6) is 0 Å². The average molecular weight is 675 g/mol. The first kappa shape index (κ1) is 33.2. The molecular formula is C48H42N4. The number of hydrogen-bond acceptors (Lipinski definition) is 4. The maximum absolute atomic E-state index is 5.98. The summed E-state index contributed by atoms with van der Waals surface area (Å²) in [4.78, 5) is 23.2. The van der Waals surface area contributed by atoms with Gasteiger partial charge in [-0.1, -0.05) is 197 Å². The fourth-order valence-electron chi connectivity index (χ4n) is 7.96. The fourth-order valence-corrected chi connectivity index (χ4v) is 7.96. The Bertz CT molecular complexity index is 2140. The highest BCUT2D eigenvalue weighted by Crippen LogP contribution is 2.55. The van der Waals surface area contributed by atoms with Gasteiger partial charge in [-0.15, -0.1) is 0 Å². The van der Waals surface area contributed by atoms with Gasteiger partial charge >= 0.3 is 0 Å². The van der Waals surface area contributed by atoms with Crippen LogP contribution in [-0.4, -0.2) is 23.1 Å². The van der Waals surface area contributed by atoms with E-state index in [0.29, 0.717) is 11.7 Å². The van der Waals surface area contributed by atoms with Gasteiger partial charge in [-0.2, -0.15) is 0 Å². The second-order valence-electron chi connectivity index (χ2n) is 13.5. The Morgan fingerprint density at radius 3 is 1.08 bits per heavy atom. The number of aryl methyl sites for hydroxylation is 2. The number of hydrogen-bond donors (Lipinski definition) is 0. The van der Waals surface area contributed by atoms with Crippen molar-refractivity contribution in [3.63, 3.8) is 0 Å². The topological polar surface area (TPSA) is 49.4 Å². The van der Waals surface area contributed by atoms with Gasteiger partial charge in [0, 0.05) is 11.1 Å². The van der Waals surface area contributed by atoms with Crippen LogP contribution in [0.15, 0.2) is 190 Å². The molecule has 0 fully saturated rings. The largest absolute Gasteiger partial charge is 0.245 e. The molecule has 52 heavy (non-hydrogen) atoms. The molecule has 0 N–H and O–H groups in total. The van der Waals surface area contributed by atoms with Crippen LogP contribution in [0.25, 0.3) is 0 Å². The molecule has 0 radical (unpaired) electrons. The summed E-state index contributed by atoms with van der Waals surface area (Å²) >= 11 is 0. The third kappa shape index (κ3) is 5.56. The van der Waals surface area contributed by atoms with E-state index < -0.39 is 11.1 Å². The van der Waals surface area contributed by atoms with Gasteiger partial charge in [-0.3, -0.25) is 0 Å². The molecule has 0 saturated heterocycles. The van der Waals surface area contributed by atoms with Crippen molar-refractivity contribution in [2.24, 2.45) is 20.0 Å². The van der Waals surface area contributed by atoms with Crippen LogP contribution in [0.4, 0.5) is 0 Å². The van der Waals surface area contributed by atoms with E-state index in [9.17, 15) is 0 Å². The van der Waals surface area contributed by atoms with Gasteiger partial charge in [-0.05, 0) is 46.2 Å². The lowest BCUT2D eigenvalue weighted by Crippen LogP contribution is -2.55. The normalized spacial score (nSPS) is 19.5. The second kappa shape index (κ2) is 14.3. The summed E-state index contributed by atoms with van der Waals surface area (Å²) in [5.74, 6) is 1.43. The lowest BCUT2D eigenvalue weighted by molar-refractivity contribution is 0.420. The van der Waals surface area contributed by atoms with Crippen molar-refractivity contribution < 1.29 is 0 Å². The van der Waals surface area contributed by atoms with Crippen LogP contribution < -0.4 is 0 Å². The van der Waals surface area contributed by atoms with Gasteiger partial charge in [-0.25, -0.2) is 20.0 Å². The zero-order valence-electron chi connectivity index (χ0n) is 29.8. The van der Waals surface area contributed by atoms with Crippen LogP contribution in [-0.2, 0) is 23.9 Å². The molecule has 2 unspecified atom stereocenters. The van der Waals surface area contributed by atoms with E-state index in [1.165, 1.54) is 11.1 Å². The second-order valence-corrected chi connectivity index (χ2v) is 13.5. The van der Waals surface area contributed by atoms with Gasteiger partial charge in [0.25, 0.3) is 0 Å². The van der Waals surface area contributed by atoms with Crippen LogP contribution in [0.1, 0.15) is 71.2 Å². The van der Waals surface area contributed by atoms with Crippen molar-refractivity contribution in [2.75, 3.05) is 0 Å². The van der Waals surface area contributed by atoms with E-state index >= 15 is 0 Å². The Balaban J connectivity index is 1.56. The molecule has 6 aromatic rings. The van der Waals surface area contributed by atoms with Gasteiger partial charge in [0.05, 0.1) is 11.4 Å². The maximum Gasteiger partial charge on any atom is 0.165 e. The smallest absolute Gasteiger partial charge is 0.165 e. The lowest BCUT2D eigenvalue weighted by Gasteiger charge is -2.44. The maximum atomic E-state index is 5.98. The third-order valence-corrected chi connectivity index (χ3v) is 10.2. The van der Waals surface area contributed by atoms with Gasteiger partial charge in [0.1, 0.15) is 0 Å². The molecule has 0 aromatic heterocycles. The Labute approximate surface area is 307 Å².